The van der Waals surface area contributed by atoms with E-state index in [1.54, 1.807) is 13.8 Å². The number of amides is 1. The molecule has 0 aromatic heterocycles. The molecule has 1 amide bonds. The maximum Gasteiger partial charge on any atom is 0.421 e. The minimum absolute atomic E-state index is 0.203. The summed E-state index contributed by atoms with van der Waals surface area (Å²) in [5.74, 6) is 0. The first-order chi connectivity index (χ1) is 7.38. The number of carbonyl (C=O) groups is 1. The van der Waals surface area contributed by atoms with E-state index in [9.17, 15) is 13.2 Å². The van der Waals surface area contributed by atoms with Crippen LogP contribution < -0.4 is 10.0 Å². The van der Waals surface area contributed by atoms with Crippen LogP contribution in [0.4, 0.5) is 4.79 Å². The van der Waals surface area contributed by atoms with Gasteiger partial charge < -0.3 is 10.1 Å². The summed E-state index contributed by atoms with van der Waals surface area (Å²) in [7, 11) is -2.70. The van der Waals surface area contributed by atoms with E-state index >= 15 is 0 Å². The van der Waals surface area contributed by atoms with Crippen LogP contribution in [-0.4, -0.2) is 51.1 Å². The van der Waals surface area contributed by atoms with Gasteiger partial charge in [0.05, 0.1) is 7.11 Å². The number of nitrogens with zero attached hydrogens (tertiary/aromatic N) is 1. The fraction of sp³-hybridized carbons (Fsp3) is 0.875. The van der Waals surface area contributed by atoms with E-state index in [1.165, 1.54) is 4.31 Å². The molecule has 1 fully saturated rings. The van der Waals surface area contributed by atoms with Crippen molar-refractivity contribution in [2.24, 2.45) is 0 Å². The average Bonchev–Trinajstić information content (AvgIpc) is 2.16. The number of hydrogen-bond acceptors (Lipinski definition) is 5. The van der Waals surface area contributed by atoms with Crippen LogP contribution in [-0.2, 0) is 14.9 Å². The highest BCUT2D eigenvalue weighted by Crippen LogP contribution is 2.13. The van der Waals surface area contributed by atoms with E-state index < -0.39 is 16.3 Å². The molecule has 16 heavy (non-hydrogen) atoms. The summed E-state index contributed by atoms with van der Waals surface area (Å²) in [6.07, 6.45) is -0.974. The third kappa shape index (κ3) is 2.83. The first kappa shape index (κ1) is 13.2. The largest absolute Gasteiger partial charge is 0.452 e. The molecule has 0 aliphatic carbocycles. The van der Waals surface area contributed by atoms with Gasteiger partial charge in [-0.1, -0.05) is 0 Å². The van der Waals surface area contributed by atoms with Gasteiger partial charge in [0.2, 0.25) is 0 Å². The Morgan fingerprint density at radius 2 is 1.88 bits per heavy atom. The van der Waals surface area contributed by atoms with E-state index in [1.807, 2.05) is 4.72 Å². The summed E-state index contributed by atoms with van der Waals surface area (Å²) in [6.45, 7) is 4.68. The molecule has 0 spiro atoms. The quantitative estimate of drug-likeness (QED) is 0.675. The van der Waals surface area contributed by atoms with Crippen LogP contribution in [0, 0.1) is 0 Å². The monoisotopic (exact) mass is 251 g/mol. The zero-order valence-corrected chi connectivity index (χ0v) is 10.4. The number of carbonyl (C=O) groups excluding carboxylic acids is 1. The van der Waals surface area contributed by atoms with Crippen LogP contribution in [0.1, 0.15) is 13.8 Å². The molecule has 0 saturated carbocycles. The van der Waals surface area contributed by atoms with Gasteiger partial charge in [0.25, 0.3) is 0 Å². The Kier molecular flexibility index (Phi) is 4.11. The second kappa shape index (κ2) is 4.98. The fourth-order valence-electron chi connectivity index (χ4n) is 1.79. The lowest BCUT2D eigenvalue weighted by atomic mass is 10.2. The van der Waals surface area contributed by atoms with Gasteiger partial charge in [-0.25, -0.2) is 9.52 Å². The number of ether oxygens (including phenoxy) is 1. The predicted molar refractivity (Wildman–Crippen MR) is 58.1 cm³/mol. The van der Waals surface area contributed by atoms with Gasteiger partial charge in [0.1, 0.15) is 0 Å². The zero-order valence-electron chi connectivity index (χ0n) is 9.56. The van der Waals surface area contributed by atoms with Crippen molar-refractivity contribution in [3.05, 3.63) is 0 Å². The van der Waals surface area contributed by atoms with Crippen molar-refractivity contribution >= 4 is 16.3 Å². The molecule has 1 aliphatic rings. The molecule has 94 valence electrons. The Bertz CT molecular complexity index is 346. The third-order valence-corrected chi connectivity index (χ3v) is 4.12. The van der Waals surface area contributed by atoms with E-state index in [4.69, 9.17) is 0 Å². The molecule has 1 aliphatic heterocycles. The van der Waals surface area contributed by atoms with Crippen molar-refractivity contribution in [2.45, 2.75) is 25.9 Å². The van der Waals surface area contributed by atoms with Crippen molar-refractivity contribution < 1.29 is 17.9 Å². The van der Waals surface area contributed by atoms with Gasteiger partial charge in [-0.15, -0.1) is 0 Å². The Morgan fingerprint density at radius 3 is 2.31 bits per heavy atom. The number of nitrogens with one attached hydrogen (secondary N) is 2. The van der Waals surface area contributed by atoms with Crippen LogP contribution >= 0.6 is 0 Å². The zero-order chi connectivity index (χ0) is 12.3. The summed E-state index contributed by atoms with van der Waals surface area (Å²) in [5, 5.41) is 3.10. The van der Waals surface area contributed by atoms with Crippen LogP contribution in [0.25, 0.3) is 0 Å². The van der Waals surface area contributed by atoms with Gasteiger partial charge in [-0.3, -0.25) is 0 Å². The van der Waals surface area contributed by atoms with Crippen LogP contribution in [0.2, 0.25) is 0 Å². The van der Waals surface area contributed by atoms with Crippen molar-refractivity contribution in [2.75, 3.05) is 20.2 Å². The van der Waals surface area contributed by atoms with E-state index in [0.717, 1.165) is 7.11 Å². The highest BCUT2D eigenvalue weighted by atomic mass is 32.2. The summed E-state index contributed by atoms with van der Waals surface area (Å²) in [4.78, 5) is 10.9. The lowest BCUT2D eigenvalue weighted by Crippen LogP contribution is -2.60. The molecule has 2 N–H and O–H groups in total. The molecule has 0 aromatic rings. The molecular weight excluding hydrogens is 234 g/mol. The Balaban J connectivity index is 2.84. The topological polar surface area (TPSA) is 87.7 Å². The number of rotatable bonds is 2. The second-order valence-electron chi connectivity index (χ2n) is 3.78. The van der Waals surface area contributed by atoms with Crippen molar-refractivity contribution in [1.29, 1.82) is 0 Å². The Hall–Kier alpha value is -0.860. The lowest BCUT2D eigenvalue weighted by molar-refractivity contribution is 0.174. The molecule has 1 saturated heterocycles. The highest BCUT2D eigenvalue weighted by molar-refractivity contribution is 7.87. The molecule has 1 rings (SSSR count). The van der Waals surface area contributed by atoms with Crippen molar-refractivity contribution in [3.8, 4) is 0 Å². The normalized spacial score (nSPS) is 27.4. The highest BCUT2D eigenvalue weighted by Gasteiger charge is 2.35. The van der Waals surface area contributed by atoms with Gasteiger partial charge in [0.15, 0.2) is 0 Å². The summed E-state index contributed by atoms with van der Waals surface area (Å²) < 4.78 is 31.1. The smallest absolute Gasteiger partial charge is 0.421 e. The minimum Gasteiger partial charge on any atom is -0.452 e. The average molecular weight is 251 g/mol. The SMILES string of the molecule is COC(=O)NS(=O)(=O)N1C(C)CNCC1C. The van der Waals surface area contributed by atoms with Gasteiger partial charge in [0, 0.05) is 25.2 Å². The van der Waals surface area contributed by atoms with Crippen molar-refractivity contribution in [1.82, 2.24) is 14.3 Å². The molecule has 0 radical (unpaired) electrons. The first-order valence-electron chi connectivity index (χ1n) is 4.98. The van der Waals surface area contributed by atoms with Crippen LogP contribution in [0.3, 0.4) is 0 Å². The summed E-state index contributed by atoms with van der Waals surface area (Å²) in [6, 6.07) is -0.406. The van der Waals surface area contributed by atoms with Crippen molar-refractivity contribution in [3.63, 3.8) is 0 Å². The van der Waals surface area contributed by atoms with Crippen LogP contribution in [0.5, 0.6) is 0 Å². The van der Waals surface area contributed by atoms with E-state index in [2.05, 4.69) is 10.1 Å². The van der Waals surface area contributed by atoms with E-state index in [-0.39, 0.29) is 12.1 Å². The third-order valence-electron chi connectivity index (χ3n) is 2.42. The number of piperazine rings is 1. The minimum atomic E-state index is -3.82. The summed E-state index contributed by atoms with van der Waals surface area (Å²) >= 11 is 0. The number of methoxy groups -OCH3 is 1. The molecule has 1 heterocycles. The second-order valence-corrected chi connectivity index (χ2v) is 5.36. The Morgan fingerprint density at radius 1 is 1.38 bits per heavy atom. The van der Waals surface area contributed by atoms with Gasteiger partial charge in [-0.2, -0.15) is 12.7 Å². The van der Waals surface area contributed by atoms with Crippen LogP contribution in [0.15, 0.2) is 0 Å². The van der Waals surface area contributed by atoms with Gasteiger partial charge in [-0.05, 0) is 13.8 Å². The first-order valence-corrected chi connectivity index (χ1v) is 6.42. The standard InChI is InChI=1S/C8H17N3O4S/c1-6-4-9-5-7(2)11(6)16(13,14)10-8(12)15-3/h6-7,9H,4-5H2,1-3H3,(H,10,12). The maximum absolute atomic E-state index is 11.9. The molecular formula is C8H17N3O4S. The fourth-order valence-corrected chi connectivity index (χ4v) is 3.28. The molecule has 2 atom stereocenters. The molecule has 0 bridgehead atoms. The maximum atomic E-state index is 11.9. The molecule has 2 unspecified atom stereocenters. The molecule has 8 heteroatoms. The molecule has 0 aromatic carbocycles. The summed E-state index contributed by atoms with van der Waals surface area (Å²) in [5.41, 5.74) is 0. The molecule has 7 nitrogen and oxygen atoms in total. The van der Waals surface area contributed by atoms with E-state index in [0.29, 0.717) is 13.1 Å². The number of hydrogen-bond donors (Lipinski definition) is 2. The lowest BCUT2D eigenvalue weighted by Gasteiger charge is -2.37. The van der Waals surface area contributed by atoms with Gasteiger partial charge >= 0.3 is 16.3 Å². The Labute approximate surface area is 95.3 Å². The predicted octanol–water partition coefficient (Wildman–Crippen LogP) is -0.731.